The Labute approximate surface area is 189 Å². The number of amides is 1. The highest BCUT2D eigenvalue weighted by Crippen LogP contribution is 2.38. The summed E-state index contributed by atoms with van der Waals surface area (Å²) in [6.45, 7) is 8.17. The molecule has 0 unspecified atom stereocenters. The summed E-state index contributed by atoms with van der Waals surface area (Å²) in [4.78, 5) is 12.3. The Bertz CT molecular complexity index is 1030. The molecule has 3 N–H and O–H groups in total. The average Bonchev–Trinajstić information content (AvgIpc) is 2.98. The molecule has 0 aromatic heterocycles. The van der Waals surface area contributed by atoms with Crippen LogP contribution in [0.2, 0.25) is 0 Å². The highest BCUT2D eigenvalue weighted by molar-refractivity contribution is 6.56. The summed E-state index contributed by atoms with van der Waals surface area (Å²) in [5, 5.41) is 12.0. The highest BCUT2D eigenvalue weighted by atomic mass is 16.7. The zero-order valence-corrected chi connectivity index (χ0v) is 18.8. The molecule has 1 saturated heterocycles. The van der Waals surface area contributed by atoms with E-state index in [0.29, 0.717) is 16.7 Å². The molecule has 2 aromatic carbocycles. The highest BCUT2D eigenvalue weighted by Gasteiger charge is 2.52. The first kappa shape index (κ1) is 23.4. The van der Waals surface area contributed by atoms with E-state index >= 15 is 0 Å². The largest absolute Gasteiger partial charge is 0.492 e. The van der Waals surface area contributed by atoms with Gasteiger partial charge in [0.05, 0.1) is 16.8 Å². The molecule has 1 aliphatic rings. The van der Waals surface area contributed by atoms with E-state index in [4.69, 9.17) is 19.8 Å². The molecule has 0 saturated carbocycles. The first-order valence-corrected chi connectivity index (χ1v) is 10.4. The summed E-state index contributed by atoms with van der Waals surface area (Å²) in [6.07, 6.45) is 1.28. The van der Waals surface area contributed by atoms with E-state index in [0.717, 1.165) is 11.1 Å². The maximum Gasteiger partial charge on any atom is 0.492 e. The number of hydrogen-bond acceptors (Lipinski definition) is 6. The standard InChI is InChI=1S/C24H28BN3O4/c1-23(2)24(3,4)32-25(31-23)20(13-18-10-11-21(27)19(12-18)14-26)15-28-22(29)30-16-17-8-6-5-7-9-17/h5-13H,15-16,27H2,1-4H3,(H,28,29). The molecule has 0 atom stereocenters. The van der Waals surface area contributed by atoms with Crippen LogP contribution in [0.15, 0.2) is 54.0 Å². The van der Waals surface area contributed by atoms with Gasteiger partial charge >= 0.3 is 13.2 Å². The first-order chi connectivity index (χ1) is 15.1. The maximum absolute atomic E-state index is 12.3. The molecular formula is C24H28BN3O4. The SMILES string of the molecule is CC1(C)OB(C(=Cc2ccc(N)c(C#N)c2)CNC(=O)OCc2ccccc2)OC1(C)C. The van der Waals surface area contributed by atoms with Gasteiger partial charge in [0.1, 0.15) is 12.7 Å². The fourth-order valence-electron chi connectivity index (χ4n) is 3.12. The molecule has 1 aliphatic heterocycles. The van der Waals surface area contributed by atoms with Gasteiger partial charge in [-0.1, -0.05) is 42.5 Å². The van der Waals surface area contributed by atoms with Crippen molar-refractivity contribution in [3.63, 3.8) is 0 Å². The Kier molecular flexibility index (Phi) is 6.92. The van der Waals surface area contributed by atoms with Crippen molar-refractivity contribution in [3.8, 4) is 6.07 Å². The maximum atomic E-state index is 12.3. The number of nitrogens with one attached hydrogen (secondary N) is 1. The van der Waals surface area contributed by atoms with Crippen LogP contribution in [-0.4, -0.2) is 31.0 Å². The van der Waals surface area contributed by atoms with Crippen LogP contribution in [0.4, 0.5) is 10.5 Å². The van der Waals surface area contributed by atoms with E-state index in [1.807, 2.05) is 64.1 Å². The van der Waals surface area contributed by atoms with Crippen molar-refractivity contribution in [1.82, 2.24) is 5.32 Å². The van der Waals surface area contributed by atoms with Crippen LogP contribution in [0.1, 0.15) is 44.4 Å². The minimum absolute atomic E-state index is 0.150. The predicted molar refractivity (Wildman–Crippen MR) is 124 cm³/mol. The number of nitrogens with zero attached hydrogens (tertiary/aromatic N) is 1. The predicted octanol–water partition coefficient (Wildman–Crippen LogP) is 4.08. The van der Waals surface area contributed by atoms with Crippen LogP contribution in [-0.2, 0) is 20.7 Å². The minimum Gasteiger partial charge on any atom is -0.445 e. The lowest BCUT2D eigenvalue weighted by atomic mass is 9.77. The Morgan fingerprint density at radius 1 is 1.16 bits per heavy atom. The zero-order valence-electron chi connectivity index (χ0n) is 18.8. The number of rotatable bonds is 6. The van der Waals surface area contributed by atoms with Crippen molar-refractivity contribution in [2.45, 2.75) is 45.5 Å². The summed E-state index contributed by atoms with van der Waals surface area (Å²) in [5.74, 6) is 0. The molecule has 3 rings (SSSR count). The molecule has 7 nitrogen and oxygen atoms in total. The molecule has 32 heavy (non-hydrogen) atoms. The van der Waals surface area contributed by atoms with Gasteiger partial charge in [-0.3, -0.25) is 0 Å². The first-order valence-electron chi connectivity index (χ1n) is 10.4. The molecule has 1 amide bonds. The number of anilines is 1. The van der Waals surface area contributed by atoms with Gasteiger partial charge in [-0.05, 0) is 56.4 Å². The van der Waals surface area contributed by atoms with E-state index in [9.17, 15) is 10.1 Å². The van der Waals surface area contributed by atoms with Crippen molar-refractivity contribution < 1.29 is 18.8 Å². The van der Waals surface area contributed by atoms with Gasteiger partial charge in [-0.25, -0.2) is 4.79 Å². The third kappa shape index (κ3) is 5.50. The van der Waals surface area contributed by atoms with Crippen LogP contribution in [0.5, 0.6) is 0 Å². The lowest BCUT2D eigenvalue weighted by Crippen LogP contribution is -2.41. The van der Waals surface area contributed by atoms with Crippen LogP contribution in [0, 0.1) is 11.3 Å². The van der Waals surface area contributed by atoms with Crippen molar-refractivity contribution in [2.24, 2.45) is 0 Å². The van der Waals surface area contributed by atoms with Gasteiger partial charge in [-0.2, -0.15) is 5.26 Å². The van der Waals surface area contributed by atoms with E-state index in [1.54, 1.807) is 18.2 Å². The second-order valence-electron chi connectivity index (χ2n) is 8.68. The summed E-state index contributed by atoms with van der Waals surface area (Å²) in [5.41, 5.74) is 7.88. The normalized spacial score (nSPS) is 17.0. The molecule has 1 fully saturated rings. The number of ether oxygens (including phenoxy) is 1. The van der Waals surface area contributed by atoms with Crippen molar-refractivity contribution in [1.29, 1.82) is 5.26 Å². The van der Waals surface area contributed by atoms with Crippen molar-refractivity contribution in [2.75, 3.05) is 12.3 Å². The third-order valence-corrected chi connectivity index (χ3v) is 5.76. The lowest BCUT2D eigenvalue weighted by molar-refractivity contribution is 0.00578. The number of carbonyl (C=O) groups excluding carboxylic acids is 1. The van der Waals surface area contributed by atoms with E-state index < -0.39 is 24.4 Å². The zero-order chi connectivity index (χ0) is 23.4. The van der Waals surface area contributed by atoms with Crippen LogP contribution in [0.25, 0.3) is 6.08 Å². The van der Waals surface area contributed by atoms with Gasteiger partial charge in [0.25, 0.3) is 0 Å². The summed E-state index contributed by atoms with van der Waals surface area (Å²) in [7, 11) is -0.669. The lowest BCUT2D eigenvalue weighted by Gasteiger charge is -2.32. The number of nitriles is 1. The number of nitrogen functional groups attached to an aromatic ring is 1. The fraction of sp³-hybridized carbons (Fsp3) is 0.333. The van der Waals surface area contributed by atoms with Crippen LogP contribution < -0.4 is 11.1 Å². The Hall–Kier alpha value is -3.28. The average molecular weight is 433 g/mol. The Balaban J connectivity index is 1.77. The van der Waals surface area contributed by atoms with Gasteiger partial charge in [-0.15, -0.1) is 0 Å². The van der Waals surface area contributed by atoms with Crippen LogP contribution in [0.3, 0.4) is 0 Å². The number of benzene rings is 2. The molecule has 1 heterocycles. The monoisotopic (exact) mass is 433 g/mol. The molecule has 0 aliphatic carbocycles. The van der Waals surface area contributed by atoms with E-state index in [-0.39, 0.29) is 13.2 Å². The third-order valence-electron chi connectivity index (χ3n) is 5.76. The molecular weight excluding hydrogens is 405 g/mol. The molecule has 0 bridgehead atoms. The molecule has 0 radical (unpaired) electrons. The van der Waals surface area contributed by atoms with Gasteiger partial charge in [0.15, 0.2) is 0 Å². The Morgan fingerprint density at radius 3 is 2.44 bits per heavy atom. The number of alkyl carbamates (subject to hydrolysis) is 1. The molecule has 166 valence electrons. The topological polar surface area (TPSA) is 107 Å². The Morgan fingerprint density at radius 2 is 1.81 bits per heavy atom. The van der Waals surface area contributed by atoms with Gasteiger partial charge in [0.2, 0.25) is 0 Å². The smallest absolute Gasteiger partial charge is 0.445 e. The summed E-state index contributed by atoms with van der Waals surface area (Å²) < 4.78 is 17.6. The van der Waals surface area contributed by atoms with Gasteiger partial charge < -0.3 is 25.1 Å². The van der Waals surface area contributed by atoms with Gasteiger partial charge in [0, 0.05) is 12.2 Å². The number of carbonyl (C=O) groups is 1. The fourth-order valence-corrected chi connectivity index (χ4v) is 3.12. The van der Waals surface area contributed by atoms with Crippen molar-refractivity contribution >= 4 is 25.0 Å². The quantitative estimate of drug-likeness (QED) is 0.525. The van der Waals surface area contributed by atoms with E-state index in [2.05, 4.69) is 11.4 Å². The molecule has 8 heteroatoms. The summed E-state index contributed by atoms with van der Waals surface area (Å²) in [6, 6.07) is 16.7. The second-order valence-corrected chi connectivity index (χ2v) is 8.68. The van der Waals surface area contributed by atoms with E-state index in [1.165, 1.54) is 0 Å². The summed E-state index contributed by atoms with van der Waals surface area (Å²) >= 11 is 0. The molecule has 2 aromatic rings. The molecule has 0 spiro atoms. The second kappa shape index (κ2) is 9.47. The van der Waals surface area contributed by atoms with Crippen LogP contribution >= 0.6 is 0 Å². The minimum atomic E-state index is -0.669. The number of nitrogens with two attached hydrogens (primary N) is 1. The number of hydrogen-bond donors (Lipinski definition) is 2. The van der Waals surface area contributed by atoms with Crippen molar-refractivity contribution in [3.05, 3.63) is 70.7 Å².